The van der Waals surface area contributed by atoms with Crippen LogP contribution in [0.3, 0.4) is 0 Å². The second kappa shape index (κ2) is 8.14. The predicted molar refractivity (Wildman–Crippen MR) is 81.7 cm³/mol. The topological polar surface area (TPSA) is 72.5 Å². The number of hydrogen-bond acceptors (Lipinski definition) is 4. The molecule has 0 radical (unpaired) electrons. The summed E-state index contributed by atoms with van der Waals surface area (Å²) in [7, 11) is -2.47. The number of sulfonamides is 1. The molecule has 1 rings (SSSR count). The van der Waals surface area contributed by atoms with Gasteiger partial charge in [-0.15, -0.1) is 0 Å². The standard InChI is InChI=1S/C15H23NO4S/c1-12(2)8-6-7-11-16-21(18,19)14-10-5-4-9-13(14)15(17)20-3/h4-5,9-10,12,16H,6-8,11H2,1-3H3. The maximum atomic E-state index is 12.3. The quantitative estimate of drug-likeness (QED) is 0.591. The smallest absolute Gasteiger partial charge is 0.339 e. The van der Waals surface area contributed by atoms with Crippen LogP contribution in [0.4, 0.5) is 0 Å². The van der Waals surface area contributed by atoms with E-state index in [1.54, 1.807) is 12.1 Å². The zero-order valence-electron chi connectivity index (χ0n) is 12.8. The maximum absolute atomic E-state index is 12.3. The summed E-state index contributed by atoms with van der Waals surface area (Å²) in [6.45, 7) is 4.64. The molecule has 1 N–H and O–H groups in total. The van der Waals surface area contributed by atoms with Gasteiger partial charge in [-0.1, -0.05) is 38.8 Å². The Morgan fingerprint density at radius 3 is 2.52 bits per heavy atom. The molecule has 1 aromatic carbocycles. The average molecular weight is 313 g/mol. The normalized spacial score (nSPS) is 11.6. The zero-order valence-corrected chi connectivity index (χ0v) is 13.6. The van der Waals surface area contributed by atoms with E-state index in [2.05, 4.69) is 23.3 Å². The Balaban J connectivity index is 2.73. The second-order valence-corrected chi connectivity index (χ2v) is 7.01. The summed E-state index contributed by atoms with van der Waals surface area (Å²) in [5.41, 5.74) is 0.0506. The molecule has 118 valence electrons. The van der Waals surface area contributed by atoms with Crippen LogP contribution in [0.25, 0.3) is 0 Å². The molecule has 0 aliphatic rings. The lowest BCUT2D eigenvalue weighted by molar-refractivity contribution is 0.0596. The van der Waals surface area contributed by atoms with Crippen molar-refractivity contribution in [2.45, 2.75) is 38.0 Å². The molecule has 0 spiro atoms. The number of carbonyl (C=O) groups excluding carboxylic acids is 1. The SMILES string of the molecule is COC(=O)c1ccccc1S(=O)(=O)NCCCCC(C)C. The molecule has 0 aromatic heterocycles. The third-order valence-electron chi connectivity index (χ3n) is 3.08. The van der Waals surface area contributed by atoms with Gasteiger partial charge in [-0.05, 0) is 24.5 Å². The van der Waals surface area contributed by atoms with E-state index in [-0.39, 0.29) is 10.5 Å². The van der Waals surface area contributed by atoms with Crippen molar-refractivity contribution in [2.75, 3.05) is 13.7 Å². The van der Waals surface area contributed by atoms with Gasteiger partial charge in [0.25, 0.3) is 0 Å². The fourth-order valence-corrected chi connectivity index (χ4v) is 3.21. The Labute approximate surface area is 126 Å². The number of nitrogens with one attached hydrogen (secondary N) is 1. The predicted octanol–water partition coefficient (Wildman–Crippen LogP) is 2.58. The van der Waals surface area contributed by atoms with Crippen LogP contribution in [-0.2, 0) is 14.8 Å². The number of benzene rings is 1. The van der Waals surface area contributed by atoms with Gasteiger partial charge < -0.3 is 4.74 Å². The molecule has 21 heavy (non-hydrogen) atoms. The van der Waals surface area contributed by atoms with Gasteiger partial charge in [-0.2, -0.15) is 0 Å². The number of ether oxygens (including phenoxy) is 1. The highest BCUT2D eigenvalue weighted by Gasteiger charge is 2.21. The summed E-state index contributed by atoms with van der Waals surface area (Å²) in [6.07, 6.45) is 2.82. The van der Waals surface area contributed by atoms with Crippen molar-refractivity contribution in [3.63, 3.8) is 0 Å². The van der Waals surface area contributed by atoms with E-state index in [9.17, 15) is 13.2 Å². The van der Waals surface area contributed by atoms with Gasteiger partial charge >= 0.3 is 5.97 Å². The largest absolute Gasteiger partial charge is 0.465 e. The molecular weight excluding hydrogens is 290 g/mol. The Hall–Kier alpha value is -1.40. The Morgan fingerprint density at radius 1 is 1.24 bits per heavy atom. The highest BCUT2D eigenvalue weighted by molar-refractivity contribution is 7.89. The molecule has 0 unspecified atom stereocenters. The van der Waals surface area contributed by atoms with Crippen molar-refractivity contribution in [2.24, 2.45) is 5.92 Å². The first-order valence-electron chi connectivity index (χ1n) is 7.05. The highest BCUT2D eigenvalue weighted by atomic mass is 32.2. The number of rotatable bonds is 8. The Bertz CT molecular complexity index is 567. The van der Waals surface area contributed by atoms with Gasteiger partial charge in [0, 0.05) is 6.54 Å². The van der Waals surface area contributed by atoms with Crippen molar-refractivity contribution < 1.29 is 17.9 Å². The van der Waals surface area contributed by atoms with E-state index in [0.29, 0.717) is 12.5 Å². The molecule has 5 nitrogen and oxygen atoms in total. The number of methoxy groups -OCH3 is 1. The Kier molecular flexibility index (Phi) is 6.84. The fraction of sp³-hybridized carbons (Fsp3) is 0.533. The van der Waals surface area contributed by atoms with E-state index in [1.165, 1.54) is 19.2 Å². The first-order valence-corrected chi connectivity index (χ1v) is 8.54. The van der Waals surface area contributed by atoms with Crippen molar-refractivity contribution >= 4 is 16.0 Å². The molecule has 0 atom stereocenters. The maximum Gasteiger partial charge on any atom is 0.339 e. The lowest BCUT2D eigenvalue weighted by atomic mass is 10.1. The van der Waals surface area contributed by atoms with E-state index in [1.807, 2.05) is 0 Å². The molecule has 0 heterocycles. The molecule has 1 aromatic rings. The third kappa shape index (κ3) is 5.47. The van der Waals surface area contributed by atoms with Gasteiger partial charge in [0.05, 0.1) is 17.6 Å². The molecule has 0 fully saturated rings. The van der Waals surface area contributed by atoms with Crippen LogP contribution in [0.15, 0.2) is 29.2 Å². The third-order valence-corrected chi connectivity index (χ3v) is 4.60. The minimum Gasteiger partial charge on any atom is -0.465 e. The summed E-state index contributed by atoms with van der Waals surface area (Å²) >= 11 is 0. The number of carbonyl (C=O) groups is 1. The van der Waals surface area contributed by atoms with Crippen LogP contribution in [0.5, 0.6) is 0 Å². The van der Waals surface area contributed by atoms with E-state index in [0.717, 1.165) is 19.3 Å². The number of esters is 1. The molecule has 0 bridgehead atoms. The van der Waals surface area contributed by atoms with Crippen molar-refractivity contribution in [3.8, 4) is 0 Å². The molecule has 6 heteroatoms. The van der Waals surface area contributed by atoms with E-state index in [4.69, 9.17) is 0 Å². The molecule has 0 aliphatic carbocycles. The zero-order chi connectivity index (χ0) is 15.9. The average Bonchev–Trinajstić information content (AvgIpc) is 2.45. The van der Waals surface area contributed by atoms with Crippen LogP contribution in [0.2, 0.25) is 0 Å². The lowest BCUT2D eigenvalue weighted by Gasteiger charge is -2.10. The van der Waals surface area contributed by atoms with Crippen LogP contribution in [-0.4, -0.2) is 28.0 Å². The summed E-state index contributed by atoms with van der Waals surface area (Å²) in [4.78, 5) is 11.6. The molecule has 0 saturated heterocycles. The van der Waals surface area contributed by atoms with Gasteiger partial charge in [-0.25, -0.2) is 17.9 Å². The van der Waals surface area contributed by atoms with Gasteiger partial charge in [0.15, 0.2) is 0 Å². The van der Waals surface area contributed by atoms with Crippen molar-refractivity contribution in [1.82, 2.24) is 4.72 Å². The van der Waals surface area contributed by atoms with Crippen LogP contribution < -0.4 is 4.72 Å². The van der Waals surface area contributed by atoms with Gasteiger partial charge in [0.2, 0.25) is 10.0 Å². The van der Waals surface area contributed by atoms with Crippen molar-refractivity contribution in [3.05, 3.63) is 29.8 Å². The molecule has 0 saturated carbocycles. The van der Waals surface area contributed by atoms with Gasteiger partial charge in [0.1, 0.15) is 0 Å². The van der Waals surface area contributed by atoms with Crippen LogP contribution in [0.1, 0.15) is 43.5 Å². The Morgan fingerprint density at radius 2 is 1.90 bits per heavy atom. The summed E-state index contributed by atoms with van der Waals surface area (Å²) < 4.78 is 31.6. The molecule has 0 aliphatic heterocycles. The minimum atomic E-state index is -3.70. The highest BCUT2D eigenvalue weighted by Crippen LogP contribution is 2.16. The molecule has 0 amide bonds. The first-order chi connectivity index (χ1) is 9.88. The van der Waals surface area contributed by atoms with E-state index >= 15 is 0 Å². The van der Waals surface area contributed by atoms with Gasteiger partial charge in [-0.3, -0.25) is 0 Å². The number of unbranched alkanes of at least 4 members (excludes halogenated alkanes) is 1. The summed E-state index contributed by atoms with van der Waals surface area (Å²) in [5, 5.41) is 0. The number of hydrogen-bond donors (Lipinski definition) is 1. The van der Waals surface area contributed by atoms with E-state index < -0.39 is 16.0 Å². The summed E-state index contributed by atoms with van der Waals surface area (Å²) in [6, 6.07) is 6.04. The van der Waals surface area contributed by atoms with Crippen molar-refractivity contribution in [1.29, 1.82) is 0 Å². The van der Waals surface area contributed by atoms with Crippen LogP contribution >= 0.6 is 0 Å². The fourth-order valence-electron chi connectivity index (χ4n) is 1.94. The van der Waals surface area contributed by atoms with Crippen LogP contribution in [0, 0.1) is 5.92 Å². The second-order valence-electron chi connectivity index (χ2n) is 5.28. The molecular formula is C15H23NO4S. The minimum absolute atomic E-state index is 0.0410. The first kappa shape index (κ1) is 17.7. The summed E-state index contributed by atoms with van der Waals surface area (Å²) in [5.74, 6) is -0.0440. The monoisotopic (exact) mass is 313 g/mol. The lowest BCUT2D eigenvalue weighted by Crippen LogP contribution is -2.26.